The lowest BCUT2D eigenvalue weighted by Gasteiger charge is -2.23. The second-order valence-corrected chi connectivity index (χ2v) is 8.50. The van der Waals surface area contributed by atoms with Gasteiger partial charge in [0.2, 0.25) is 5.91 Å². The minimum absolute atomic E-state index is 0.0745. The molecule has 5 nitrogen and oxygen atoms in total. The lowest BCUT2D eigenvalue weighted by molar-refractivity contribution is -0.119. The molecule has 1 saturated heterocycles. The maximum Gasteiger partial charge on any atom is 0.253 e. The van der Waals surface area contributed by atoms with Gasteiger partial charge < -0.3 is 15.5 Å². The summed E-state index contributed by atoms with van der Waals surface area (Å²) in [6.45, 7) is 3.92. The Balaban J connectivity index is 1.56. The molecule has 1 saturated carbocycles. The molecule has 2 aliphatic rings. The lowest BCUT2D eigenvalue weighted by atomic mass is 10.1. The van der Waals surface area contributed by atoms with Crippen LogP contribution in [-0.4, -0.2) is 24.9 Å². The van der Waals surface area contributed by atoms with E-state index in [9.17, 15) is 9.59 Å². The molecular formula is C25H31N3O2. The molecule has 30 heavy (non-hydrogen) atoms. The quantitative estimate of drug-likeness (QED) is 0.718. The predicted molar refractivity (Wildman–Crippen MR) is 121 cm³/mol. The van der Waals surface area contributed by atoms with Crippen LogP contribution >= 0.6 is 0 Å². The van der Waals surface area contributed by atoms with E-state index < -0.39 is 0 Å². The number of carbonyl (C=O) groups is 2. The van der Waals surface area contributed by atoms with Gasteiger partial charge in [-0.15, -0.1) is 0 Å². The van der Waals surface area contributed by atoms with Crippen LogP contribution in [0, 0.1) is 5.92 Å². The highest BCUT2D eigenvalue weighted by atomic mass is 16.2. The highest BCUT2D eigenvalue weighted by Gasteiger charge is 2.25. The standard InChI is InChI=1S/C25H31N3O2/c1-18(19-9-3-2-4-10-19)26-25(30)22-17-21(27-24(29)20-11-5-6-12-20)13-14-23(22)28-15-7-8-16-28/h2-4,9-10,13-14,17-18,20H,5-8,11-12,15-16H2,1H3,(H,26,30)(H,27,29)/t18-/m0/s1. The van der Waals surface area contributed by atoms with Crippen LogP contribution in [0.5, 0.6) is 0 Å². The minimum Gasteiger partial charge on any atom is -0.371 e. The average molecular weight is 406 g/mol. The van der Waals surface area contributed by atoms with Crippen LogP contribution in [0.4, 0.5) is 11.4 Å². The molecule has 0 radical (unpaired) electrons. The van der Waals surface area contributed by atoms with Gasteiger partial charge in [0.05, 0.1) is 11.6 Å². The Morgan fingerprint density at radius 2 is 1.67 bits per heavy atom. The van der Waals surface area contributed by atoms with E-state index in [0.29, 0.717) is 11.3 Å². The first kappa shape index (κ1) is 20.5. The van der Waals surface area contributed by atoms with Gasteiger partial charge >= 0.3 is 0 Å². The fraction of sp³-hybridized carbons (Fsp3) is 0.440. The fourth-order valence-corrected chi connectivity index (χ4v) is 4.56. The van der Waals surface area contributed by atoms with Crippen molar-refractivity contribution in [1.82, 2.24) is 5.32 Å². The Bertz CT molecular complexity index is 885. The van der Waals surface area contributed by atoms with Crippen LogP contribution in [0.2, 0.25) is 0 Å². The third-order valence-corrected chi connectivity index (χ3v) is 6.33. The van der Waals surface area contributed by atoms with Crippen molar-refractivity contribution in [3.63, 3.8) is 0 Å². The van der Waals surface area contributed by atoms with E-state index in [1.807, 2.05) is 55.5 Å². The number of rotatable bonds is 6. The van der Waals surface area contributed by atoms with Crippen molar-refractivity contribution in [2.75, 3.05) is 23.3 Å². The number of benzene rings is 2. The third-order valence-electron chi connectivity index (χ3n) is 6.33. The number of nitrogens with zero attached hydrogens (tertiary/aromatic N) is 1. The van der Waals surface area contributed by atoms with Crippen molar-refractivity contribution in [3.8, 4) is 0 Å². The molecule has 2 fully saturated rings. The Hall–Kier alpha value is -2.82. The predicted octanol–water partition coefficient (Wildman–Crippen LogP) is 4.91. The SMILES string of the molecule is C[C@H](NC(=O)c1cc(NC(=O)C2CCCC2)ccc1N1CCCC1)c1ccccc1. The summed E-state index contributed by atoms with van der Waals surface area (Å²) in [6.07, 6.45) is 6.44. The molecule has 4 rings (SSSR count). The summed E-state index contributed by atoms with van der Waals surface area (Å²) in [7, 11) is 0. The van der Waals surface area contributed by atoms with Gasteiger partial charge in [-0.05, 0) is 56.4 Å². The molecule has 1 heterocycles. The second kappa shape index (κ2) is 9.33. The smallest absolute Gasteiger partial charge is 0.253 e. The molecule has 2 amide bonds. The van der Waals surface area contributed by atoms with Crippen molar-refractivity contribution in [3.05, 3.63) is 59.7 Å². The molecule has 1 aliphatic carbocycles. The van der Waals surface area contributed by atoms with Crippen LogP contribution < -0.4 is 15.5 Å². The Labute approximate surface area is 178 Å². The van der Waals surface area contributed by atoms with Crippen LogP contribution in [0.3, 0.4) is 0 Å². The Kier molecular flexibility index (Phi) is 6.36. The highest BCUT2D eigenvalue weighted by molar-refractivity contribution is 6.02. The van der Waals surface area contributed by atoms with E-state index in [2.05, 4.69) is 15.5 Å². The van der Waals surface area contributed by atoms with E-state index in [-0.39, 0.29) is 23.8 Å². The normalized spacial score (nSPS) is 17.7. The van der Waals surface area contributed by atoms with E-state index >= 15 is 0 Å². The van der Waals surface area contributed by atoms with Crippen LogP contribution in [0.1, 0.15) is 67.4 Å². The number of hydrogen-bond donors (Lipinski definition) is 2. The molecule has 158 valence electrons. The molecule has 1 aliphatic heterocycles. The molecule has 2 N–H and O–H groups in total. The van der Waals surface area contributed by atoms with Gasteiger partial charge in [0.25, 0.3) is 5.91 Å². The van der Waals surface area contributed by atoms with Crippen molar-refractivity contribution < 1.29 is 9.59 Å². The number of hydrogen-bond acceptors (Lipinski definition) is 3. The summed E-state index contributed by atoms with van der Waals surface area (Å²) in [6, 6.07) is 15.6. The summed E-state index contributed by atoms with van der Waals surface area (Å²) in [5, 5.41) is 6.18. The molecule has 5 heteroatoms. The zero-order valence-corrected chi connectivity index (χ0v) is 17.7. The summed E-state index contributed by atoms with van der Waals surface area (Å²) in [5.74, 6) is 0.0642. The van der Waals surface area contributed by atoms with Gasteiger partial charge in [0, 0.05) is 30.4 Å². The molecule has 0 bridgehead atoms. The molecule has 0 spiro atoms. The van der Waals surface area contributed by atoms with Crippen LogP contribution in [0.15, 0.2) is 48.5 Å². The molecule has 2 aromatic rings. The van der Waals surface area contributed by atoms with Crippen LogP contribution in [-0.2, 0) is 4.79 Å². The molecular weight excluding hydrogens is 374 g/mol. The zero-order valence-electron chi connectivity index (χ0n) is 17.7. The summed E-state index contributed by atoms with van der Waals surface area (Å²) in [5.41, 5.74) is 3.35. The maximum absolute atomic E-state index is 13.2. The zero-order chi connectivity index (χ0) is 20.9. The number of amides is 2. The Morgan fingerprint density at radius 1 is 0.967 bits per heavy atom. The lowest BCUT2D eigenvalue weighted by Crippen LogP contribution is -2.30. The third kappa shape index (κ3) is 4.66. The first-order chi connectivity index (χ1) is 14.6. The molecule has 0 unspecified atom stereocenters. The summed E-state index contributed by atoms with van der Waals surface area (Å²) >= 11 is 0. The highest BCUT2D eigenvalue weighted by Crippen LogP contribution is 2.30. The van der Waals surface area contributed by atoms with Gasteiger partial charge in [-0.1, -0.05) is 43.2 Å². The maximum atomic E-state index is 13.2. The first-order valence-corrected chi connectivity index (χ1v) is 11.2. The van der Waals surface area contributed by atoms with Crippen LogP contribution in [0.25, 0.3) is 0 Å². The molecule has 0 aromatic heterocycles. The topological polar surface area (TPSA) is 61.4 Å². The van der Waals surface area contributed by atoms with Crippen molar-refractivity contribution >= 4 is 23.2 Å². The van der Waals surface area contributed by atoms with E-state index in [1.54, 1.807) is 0 Å². The van der Waals surface area contributed by atoms with E-state index in [4.69, 9.17) is 0 Å². The van der Waals surface area contributed by atoms with Crippen molar-refractivity contribution in [2.24, 2.45) is 5.92 Å². The van der Waals surface area contributed by atoms with Gasteiger partial charge in [0.1, 0.15) is 0 Å². The number of anilines is 2. The largest absolute Gasteiger partial charge is 0.371 e. The average Bonchev–Trinajstić information content (AvgIpc) is 3.48. The fourth-order valence-electron chi connectivity index (χ4n) is 4.56. The molecule has 2 aromatic carbocycles. The number of carbonyl (C=O) groups excluding carboxylic acids is 2. The second-order valence-electron chi connectivity index (χ2n) is 8.50. The molecule has 1 atom stereocenters. The van der Waals surface area contributed by atoms with E-state index in [1.165, 1.54) is 0 Å². The van der Waals surface area contributed by atoms with E-state index in [0.717, 1.165) is 62.9 Å². The summed E-state index contributed by atoms with van der Waals surface area (Å²) in [4.78, 5) is 28.1. The summed E-state index contributed by atoms with van der Waals surface area (Å²) < 4.78 is 0. The monoisotopic (exact) mass is 405 g/mol. The minimum atomic E-state index is -0.106. The van der Waals surface area contributed by atoms with Gasteiger partial charge in [-0.3, -0.25) is 9.59 Å². The van der Waals surface area contributed by atoms with Crippen molar-refractivity contribution in [1.29, 1.82) is 0 Å². The van der Waals surface area contributed by atoms with Gasteiger partial charge in [-0.25, -0.2) is 0 Å². The van der Waals surface area contributed by atoms with Gasteiger partial charge in [-0.2, -0.15) is 0 Å². The first-order valence-electron chi connectivity index (χ1n) is 11.2. The Morgan fingerprint density at radius 3 is 2.37 bits per heavy atom. The van der Waals surface area contributed by atoms with Crippen molar-refractivity contribution in [2.45, 2.75) is 51.5 Å². The number of nitrogens with one attached hydrogen (secondary N) is 2. The van der Waals surface area contributed by atoms with Gasteiger partial charge in [0.15, 0.2) is 0 Å².